The van der Waals surface area contributed by atoms with Crippen LogP contribution in [0.5, 0.6) is 0 Å². The molecule has 4 heteroatoms. The largest absolute Gasteiger partial charge is 0.345 e. The summed E-state index contributed by atoms with van der Waals surface area (Å²) in [4.78, 5) is 15.4. The highest BCUT2D eigenvalue weighted by atomic mass is 16.2. The van der Waals surface area contributed by atoms with E-state index in [1.54, 1.807) is 0 Å². The predicted octanol–water partition coefficient (Wildman–Crippen LogP) is 2.19. The number of nitrogens with zero attached hydrogens (tertiary/aromatic N) is 1. The maximum Gasteiger partial charge on any atom is 0.225 e. The molecule has 2 saturated heterocycles. The second-order valence-corrected chi connectivity index (χ2v) is 7.05. The Kier molecular flexibility index (Phi) is 4.81. The third kappa shape index (κ3) is 3.60. The summed E-state index contributed by atoms with van der Waals surface area (Å²) in [6.45, 7) is 3.97. The first-order chi connectivity index (χ1) is 12.3. The van der Waals surface area contributed by atoms with Gasteiger partial charge in [0.05, 0.1) is 12.0 Å². The molecule has 2 aromatic rings. The van der Waals surface area contributed by atoms with Gasteiger partial charge in [-0.3, -0.25) is 9.69 Å². The van der Waals surface area contributed by atoms with Crippen molar-refractivity contribution in [3.05, 3.63) is 71.8 Å². The van der Waals surface area contributed by atoms with Crippen LogP contribution in [-0.4, -0.2) is 43.0 Å². The van der Waals surface area contributed by atoms with Crippen LogP contribution >= 0.6 is 0 Å². The Morgan fingerprint density at radius 1 is 1.04 bits per heavy atom. The standard InChI is InChI=1S/C21H25N3O/c25-21(18-13-19-14-22-11-12-24(19)15-18)23-20(16-7-3-1-4-8-16)17-9-5-2-6-10-17/h1-10,18-20,22H,11-15H2,(H,23,25)/t18-,19-/m0/s1. The molecular weight excluding hydrogens is 310 g/mol. The number of nitrogens with one attached hydrogen (secondary N) is 2. The van der Waals surface area contributed by atoms with Gasteiger partial charge in [0.15, 0.2) is 0 Å². The van der Waals surface area contributed by atoms with E-state index in [9.17, 15) is 4.79 Å². The van der Waals surface area contributed by atoms with Gasteiger partial charge in [-0.05, 0) is 17.5 Å². The fourth-order valence-corrected chi connectivity index (χ4v) is 4.06. The Bertz CT molecular complexity index is 650. The number of piperazine rings is 1. The quantitative estimate of drug-likeness (QED) is 0.900. The Morgan fingerprint density at radius 2 is 1.68 bits per heavy atom. The molecule has 0 radical (unpaired) electrons. The number of benzene rings is 2. The Hall–Kier alpha value is -2.17. The lowest BCUT2D eigenvalue weighted by atomic mass is 9.97. The fraction of sp³-hybridized carbons (Fsp3) is 0.381. The van der Waals surface area contributed by atoms with Crippen LogP contribution in [0, 0.1) is 5.92 Å². The van der Waals surface area contributed by atoms with Crippen molar-refractivity contribution < 1.29 is 4.79 Å². The summed E-state index contributed by atoms with van der Waals surface area (Å²) in [5.41, 5.74) is 2.25. The molecule has 2 heterocycles. The molecular formula is C21H25N3O. The minimum absolute atomic E-state index is 0.0832. The number of fused-ring (bicyclic) bond motifs is 1. The first-order valence-corrected chi connectivity index (χ1v) is 9.16. The zero-order valence-electron chi connectivity index (χ0n) is 14.4. The van der Waals surface area contributed by atoms with Crippen molar-refractivity contribution >= 4 is 5.91 Å². The van der Waals surface area contributed by atoms with Crippen LogP contribution in [-0.2, 0) is 4.79 Å². The summed E-state index contributed by atoms with van der Waals surface area (Å²) in [7, 11) is 0. The molecule has 0 saturated carbocycles. The second kappa shape index (κ2) is 7.38. The number of rotatable bonds is 4. The zero-order chi connectivity index (χ0) is 17.1. The van der Waals surface area contributed by atoms with Gasteiger partial charge < -0.3 is 10.6 Å². The third-order valence-corrected chi connectivity index (χ3v) is 5.41. The molecule has 2 fully saturated rings. The number of carbonyl (C=O) groups is 1. The SMILES string of the molecule is O=C(NC(c1ccccc1)c1ccccc1)[C@H]1C[C@H]2CNCCN2C1. The van der Waals surface area contributed by atoms with Gasteiger partial charge in [-0.1, -0.05) is 60.7 Å². The summed E-state index contributed by atoms with van der Waals surface area (Å²) in [5, 5.41) is 6.75. The summed E-state index contributed by atoms with van der Waals surface area (Å²) in [6.07, 6.45) is 0.954. The highest BCUT2D eigenvalue weighted by Gasteiger charge is 2.37. The first-order valence-electron chi connectivity index (χ1n) is 9.16. The normalized spacial score (nSPS) is 23.4. The van der Waals surface area contributed by atoms with Crippen molar-refractivity contribution in [1.29, 1.82) is 0 Å². The van der Waals surface area contributed by atoms with E-state index in [1.165, 1.54) is 0 Å². The van der Waals surface area contributed by atoms with Crippen LogP contribution < -0.4 is 10.6 Å². The van der Waals surface area contributed by atoms with E-state index in [1.807, 2.05) is 36.4 Å². The molecule has 2 aliphatic heterocycles. The monoisotopic (exact) mass is 335 g/mol. The van der Waals surface area contributed by atoms with Crippen LogP contribution in [0.1, 0.15) is 23.6 Å². The van der Waals surface area contributed by atoms with Gasteiger partial charge in [0.1, 0.15) is 0 Å². The van der Waals surface area contributed by atoms with Crippen molar-refractivity contribution in [2.45, 2.75) is 18.5 Å². The van der Waals surface area contributed by atoms with E-state index >= 15 is 0 Å². The molecule has 2 atom stereocenters. The van der Waals surface area contributed by atoms with Crippen molar-refractivity contribution in [3.63, 3.8) is 0 Å². The maximum absolute atomic E-state index is 13.0. The van der Waals surface area contributed by atoms with Gasteiger partial charge in [0.2, 0.25) is 5.91 Å². The van der Waals surface area contributed by atoms with Crippen LogP contribution in [0.2, 0.25) is 0 Å². The molecule has 2 aliphatic rings. The molecule has 1 amide bonds. The highest BCUT2D eigenvalue weighted by Crippen LogP contribution is 2.27. The molecule has 4 rings (SSSR count). The van der Waals surface area contributed by atoms with E-state index in [0.29, 0.717) is 6.04 Å². The van der Waals surface area contributed by atoms with Gasteiger partial charge >= 0.3 is 0 Å². The molecule has 0 unspecified atom stereocenters. The van der Waals surface area contributed by atoms with Crippen LogP contribution in [0.25, 0.3) is 0 Å². The smallest absolute Gasteiger partial charge is 0.225 e. The highest BCUT2D eigenvalue weighted by molar-refractivity contribution is 5.80. The summed E-state index contributed by atoms with van der Waals surface area (Å²) in [6, 6.07) is 20.9. The van der Waals surface area contributed by atoms with Gasteiger partial charge in [0, 0.05) is 32.2 Å². The number of hydrogen-bond acceptors (Lipinski definition) is 3. The average Bonchev–Trinajstić information content (AvgIpc) is 3.12. The van der Waals surface area contributed by atoms with Crippen LogP contribution in [0.3, 0.4) is 0 Å². The number of amides is 1. The summed E-state index contributed by atoms with van der Waals surface area (Å²) < 4.78 is 0. The Morgan fingerprint density at radius 3 is 2.28 bits per heavy atom. The van der Waals surface area contributed by atoms with Gasteiger partial charge in [0.25, 0.3) is 0 Å². The molecule has 2 aromatic carbocycles. The first kappa shape index (κ1) is 16.3. The van der Waals surface area contributed by atoms with E-state index in [2.05, 4.69) is 39.8 Å². The van der Waals surface area contributed by atoms with E-state index in [0.717, 1.165) is 43.7 Å². The van der Waals surface area contributed by atoms with E-state index in [4.69, 9.17) is 0 Å². The molecule has 0 aliphatic carbocycles. The molecule has 25 heavy (non-hydrogen) atoms. The second-order valence-electron chi connectivity index (χ2n) is 7.05. The van der Waals surface area contributed by atoms with Gasteiger partial charge in [-0.25, -0.2) is 0 Å². The molecule has 4 nitrogen and oxygen atoms in total. The molecule has 130 valence electrons. The van der Waals surface area contributed by atoms with Gasteiger partial charge in [-0.15, -0.1) is 0 Å². The maximum atomic E-state index is 13.0. The van der Waals surface area contributed by atoms with Crippen LogP contribution in [0.4, 0.5) is 0 Å². The summed E-state index contributed by atoms with van der Waals surface area (Å²) in [5.74, 6) is 0.256. The fourth-order valence-electron chi connectivity index (χ4n) is 4.06. The Labute approximate surface area is 149 Å². The van der Waals surface area contributed by atoms with Crippen molar-refractivity contribution in [3.8, 4) is 0 Å². The zero-order valence-corrected chi connectivity index (χ0v) is 14.4. The van der Waals surface area contributed by atoms with Crippen molar-refractivity contribution in [1.82, 2.24) is 15.5 Å². The third-order valence-electron chi connectivity index (χ3n) is 5.41. The van der Waals surface area contributed by atoms with Crippen molar-refractivity contribution in [2.75, 3.05) is 26.2 Å². The van der Waals surface area contributed by atoms with Crippen LogP contribution in [0.15, 0.2) is 60.7 Å². The number of hydrogen-bond donors (Lipinski definition) is 2. The summed E-state index contributed by atoms with van der Waals surface area (Å²) >= 11 is 0. The van der Waals surface area contributed by atoms with E-state index in [-0.39, 0.29) is 17.9 Å². The molecule has 0 spiro atoms. The average molecular weight is 335 g/mol. The molecule has 0 bridgehead atoms. The molecule has 0 aromatic heterocycles. The van der Waals surface area contributed by atoms with Gasteiger partial charge in [-0.2, -0.15) is 0 Å². The minimum Gasteiger partial charge on any atom is -0.345 e. The molecule has 2 N–H and O–H groups in total. The topological polar surface area (TPSA) is 44.4 Å². The van der Waals surface area contributed by atoms with E-state index < -0.39 is 0 Å². The lowest BCUT2D eigenvalue weighted by molar-refractivity contribution is -0.125. The minimum atomic E-state index is -0.0920. The predicted molar refractivity (Wildman–Crippen MR) is 99.2 cm³/mol. The Balaban J connectivity index is 1.52. The lowest BCUT2D eigenvalue weighted by Crippen LogP contribution is -2.47. The number of carbonyl (C=O) groups excluding carboxylic acids is 1. The lowest BCUT2D eigenvalue weighted by Gasteiger charge is -2.29. The van der Waals surface area contributed by atoms with Crippen molar-refractivity contribution in [2.24, 2.45) is 5.92 Å².